The van der Waals surface area contributed by atoms with Crippen LogP contribution in [0.5, 0.6) is 5.75 Å². The second-order valence-corrected chi connectivity index (χ2v) is 11.7. The number of hydrogen-bond acceptors (Lipinski definition) is 6. The van der Waals surface area contributed by atoms with Gasteiger partial charge >= 0.3 is 6.61 Å². The minimum absolute atomic E-state index is 0.0262. The highest BCUT2D eigenvalue weighted by Crippen LogP contribution is 2.51. The molecule has 8 heteroatoms. The first-order valence-electron chi connectivity index (χ1n) is 15.4. The molecule has 3 heterocycles. The Morgan fingerprint density at radius 1 is 1.14 bits per heavy atom. The number of nitrogens with zero attached hydrogens (tertiary/aromatic N) is 1. The highest BCUT2D eigenvalue weighted by atomic mass is 19.3. The number of hydrogen-bond donors (Lipinski definition) is 2. The number of ether oxygens (including phenoxy) is 3. The molecule has 6 nitrogen and oxygen atoms in total. The van der Waals surface area contributed by atoms with Crippen LogP contribution in [0.25, 0.3) is 5.57 Å². The number of rotatable bonds is 8. The molecule has 0 saturated carbocycles. The van der Waals surface area contributed by atoms with Crippen LogP contribution in [0.1, 0.15) is 70.2 Å². The van der Waals surface area contributed by atoms with E-state index in [0.29, 0.717) is 43.5 Å². The summed E-state index contributed by atoms with van der Waals surface area (Å²) >= 11 is 0. The minimum Gasteiger partial charge on any atom is -0.435 e. The van der Waals surface area contributed by atoms with Crippen LogP contribution in [0.15, 0.2) is 72.1 Å². The van der Waals surface area contributed by atoms with Gasteiger partial charge in [0.15, 0.2) is 0 Å². The largest absolute Gasteiger partial charge is 0.435 e. The van der Waals surface area contributed by atoms with Crippen molar-refractivity contribution in [3.8, 4) is 5.75 Å². The Kier molecular flexibility index (Phi) is 11.5. The van der Waals surface area contributed by atoms with Crippen molar-refractivity contribution in [2.45, 2.75) is 78.1 Å². The Labute approximate surface area is 254 Å². The Bertz CT molecular complexity index is 1280. The number of benzene rings is 1. The van der Waals surface area contributed by atoms with E-state index in [1.54, 1.807) is 19.1 Å². The summed E-state index contributed by atoms with van der Waals surface area (Å²) in [6.45, 7) is 9.83. The van der Waals surface area contributed by atoms with Gasteiger partial charge in [-0.3, -0.25) is 4.98 Å². The van der Waals surface area contributed by atoms with Gasteiger partial charge in [0.05, 0.1) is 26.4 Å². The Hall–Kier alpha value is -3.07. The van der Waals surface area contributed by atoms with Crippen LogP contribution < -0.4 is 10.1 Å². The number of allylic oxidation sites excluding steroid dienone is 3. The summed E-state index contributed by atoms with van der Waals surface area (Å²) in [5.41, 5.74) is 4.51. The van der Waals surface area contributed by atoms with Gasteiger partial charge in [-0.25, -0.2) is 0 Å². The highest BCUT2D eigenvalue weighted by Gasteiger charge is 2.46. The van der Waals surface area contributed by atoms with Gasteiger partial charge < -0.3 is 24.6 Å². The first-order chi connectivity index (χ1) is 20.7. The van der Waals surface area contributed by atoms with Crippen LogP contribution in [-0.2, 0) is 15.9 Å². The van der Waals surface area contributed by atoms with Crippen molar-refractivity contribution >= 4 is 5.57 Å². The fourth-order valence-electron chi connectivity index (χ4n) is 6.17. The van der Waals surface area contributed by atoms with E-state index in [0.717, 1.165) is 47.7 Å². The van der Waals surface area contributed by atoms with Gasteiger partial charge in [-0.05, 0) is 62.0 Å². The highest BCUT2D eigenvalue weighted by molar-refractivity contribution is 5.73. The Balaban J connectivity index is 0.00000207. The van der Waals surface area contributed by atoms with E-state index < -0.39 is 12.2 Å². The van der Waals surface area contributed by atoms with Crippen molar-refractivity contribution in [2.75, 3.05) is 26.4 Å². The van der Waals surface area contributed by atoms with E-state index in [1.165, 1.54) is 0 Å². The molecule has 234 valence electrons. The molecule has 2 aromatic rings. The fraction of sp³-hybridized carbons (Fsp3) is 0.514. The third-order valence-corrected chi connectivity index (χ3v) is 8.15. The summed E-state index contributed by atoms with van der Waals surface area (Å²) in [5.74, 6) is 0.679. The Morgan fingerprint density at radius 2 is 1.86 bits per heavy atom. The summed E-state index contributed by atoms with van der Waals surface area (Å²) in [6, 6.07) is 11.0. The van der Waals surface area contributed by atoms with Crippen LogP contribution in [0.3, 0.4) is 0 Å². The van der Waals surface area contributed by atoms with E-state index in [2.05, 4.69) is 42.6 Å². The molecule has 2 unspecified atom stereocenters. The van der Waals surface area contributed by atoms with Crippen molar-refractivity contribution in [1.29, 1.82) is 0 Å². The second-order valence-electron chi connectivity index (χ2n) is 11.7. The van der Waals surface area contributed by atoms with Gasteiger partial charge in [0, 0.05) is 46.9 Å². The van der Waals surface area contributed by atoms with Crippen molar-refractivity contribution in [3.63, 3.8) is 0 Å². The van der Waals surface area contributed by atoms with Gasteiger partial charge in [-0.1, -0.05) is 63.3 Å². The smallest absolute Gasteiger partial charge is 0.387 e. The van der Waals surface area contributed by atoms with E-state index in [4.69, 9.17) is 19.2 Å². The van der Waals surface area contributed by atoms with Crippen molar-refractivity contribution in [2.24, 2.45) is 11.8 Å². The lowest BCUT2D eigenvalue weighted by Crippen LogP contribution is -2.34. The maximum absolute atomic E-state index is 13.1. The average molecular weight is 597 g/mol. The molecule has 3 atom stereocenters. The molecule has 0 spiro atoms. The normalized spacial score (nSPS) is 27.8. The summed E-state index contributed by atoms with van der Waals surface area (Å²) < 4.78 is 42.6. The van der Waals surface area contributed by atoms with Crippen LogP contribution in [0, 0.1) is 11.8 Å². The predicted molar refractivity (Wildman–Crippen MR) is 166 cm³/mol. The standard InChI is InChI=1S/C33H40F2N2O4.C2H6/c1-4-23(24-10-11-25(36-16-24)13-22-19-39-17-21(2)18-40-20-22)9-12-26-14-28-29(15-33(3,38)31(28)37-26)27-7-5-6-8-30(27)41-32(34)35;1-2/h4-12,16,21-22,26,29,32,37-38H,13-15,17-20H2,1-3H3;1-2H3/b12-9-,23-4+;/t21?,22?,26?,29-,33?;/m0./s1. The Morgan fingerprint density at radius 3 is 2.51 bits per heavy atom. The minimum atomic E-state index is -2.90. The second kappa shape index (κ2) is 15.1. The number of para-hydroxylation sites is 1. The van der Waals surface area contributed by atoms with E-state index in [9.17, 15) is 13.9 Å². The number of nitrogens with one attached hydrogen (secondary N) is 1. The maximum atomic E-state index is 13.1. The number of pyridine rings is 1. The fourth-order valence-corrected chi connectivity index (χ4v) is 6.17. The van der Waals surface area contributed by atoms with Gasteiger partial charge in [0.1, 0.15) is 11.4 Å². The van der Waals surface area contributed by atoms with Gasteiger partial charge in [0.25, 0.3) is 0 Å². The van der Waals surface area contributed by atoms with Gasteiger partial charge in [-0.2, -0.15) is 8.78 Å². The average Bonchev–Trinajstić information content (AvgIpc) is 3.52. The number of alkyl halides is 2. The molecule has 1 fully saturated rings. The van der Waals surface area contributed by atoms with Crippen molar-refractivity contribution in [1.82, 2.24) is 10.3 Å². The van der Waals surface area contributed by atoms with Crippen LogP contribution in [-0.4, -0.2) is 54.8 Å². The lowest BCUT2D eigenvalue weighted by Gasteiger charge is -2.26. The maximum Gasteiger partial charge on any atom is 0.387 e. The molecule has 0 bridgehead atoms. The molecule has 0 radical (unpaired) electrons. The topological polar surface area (TPSA) is 72.8 Å². The van der Waals surface area contributed by atoms with Gasteiger partial charge in [-0.15, -0.1) is 0 Å². The van der Waals surface area contributed by atoms with Crippen molar-refractivity contribution in [3.05, 3.63) is 88.9 Å². The molecular weight excluding hydrogens is 550 g/mol. The monoisotopic (exact) mass is 596 g/mol. The first kappa shape index (κ1) is 32.8. The zero-order chi connectivity index (χ0) is 31.0. The van der Waals surface area contributed by atoms with E-state index in [-0.39, 0.29) is 17.7 Å². The molecule has 2 aliphatic heterocycles. The van der Waals surface area contributed by atoms with Crippen LogP contribution in [0.2, 0.25) is 0 Å². The molecule has 0 amide bonds. The molecule has 1 aliphatic carbocycles. The molecule has 3 aliphatic rings. The quantitative estimate of drug-likeness (QED) is 0.318. The SMILES string of the molecule is C/C=C(\C=C/C1CC2=C(N1)C(C)(O)C[C@H]2c1ccccc1OC(F)F)c1ccc(CC2COCC(C)COC2)nc1.CC. The van der Waals surface area contributed by atoms with Crippen LogP contribution in [0.4, 0.5) is 8.78 Å². The van der Waals surface area contributed by atoms with Crippen LogP contribution >= 0.6 is 0 Å². The molecular formula is C35H46F2N2O4. The number of halogens is 2. The summed E-state index contributed by atoms with van der Waals surface area (Å²) in [6.07, 6.45) is 10.0. The predicted octanol–water partition coefficient (Wildman–Crippen LogP) is 7.06. The molecule has 1 aromatic carbocycles. The lowest BCUT2D eigenvalue weighted by atomic mass is 9.87. The summed E-state index contributed by atoms with van der Waals surface area (Å²) in [7, 11) is 0. The number of aromatic nitrogens is 1. The zero-order valence-electron chi connectivity index (χ0n) is 26.0. The van der Waals surface area contributed by atoms with E-state index >= 15 is 0 Å². The summed E-state index contributed by atoms with van der Waals surface area (Å²) in [4.78, 5) is 4.72. The van der Waals surface area contributed by atoms with Crippen molar-refractivity contribution < 1.29 is 28.1 Å². The lowest BCUT2D eigenvalue weighted by molar-refractivity contribution is -0.0506. The van der Waals surface area contributed by atoms with E-state index in [1.807, 2.05) is 39.1 Å². The first-order valence-corrected chi connectivity index (χ1v) is 15.4. The molecule has 2 N–H and O–H groups in total. The van der Waals surface area contributed by atoms with Gasteiger partial charge in [0.2, 0.25) is 0 Å². The number of aliphatic hydroxyl groups is 1. The molecule has 1 aromatic heterocycles. The molecule has 1 saturated heterocycles. The molecule has 43 heavy (non-hydrogen) atoms. The molecule has 5 rings (SSSR count). The zero-order valence-corrected chi connectivity index (χ0v) is 26.0. The third-order valence-electron chi connectivity index (χ3n) is 8.15. The summed E-state index contributed by atoms with van der Waals surface area (Å²) in [5, 5.41) is 14.7. The third kappa shape index (κ3) is 8.31.